The minimum absolute atomic E-state index is 0.0337. The number of hydrogen-bond donors (Lipinski definition) is 2. The third-order valence-electron chi connectivity index (χ3n) is 2.41. The molecule has 2 heterocycles. The Balaban J connectivity index is 2.17. The Hall–Kier alpha value is -2.13. The quantitative estimate of drug-likeness (QED) is 0.884. The van der Waals surface area contributed by atoms with Gasteiger partial charge in [0, 0.05) is 17.3 Å². The average Bonchev–Trinajstić information content (AvgIpc) is 2.78. The second-order valence-corrected chi connectivity index (χ2v) is 5.22. The molecule has 6 heteroatoms. The molecule has 0 radical (unpaired) electrons. The largest absolute Gasteiger partial charge is 0.396 e. The molecule has 0 saturated carbocycles. The van der Waals surface area contributed by atoms with Gasteiger partial charge < -0.3 is 11.1 Å². The van der Waals surface area contributed by atoms with E-state index in [0.29, 0.717) is 17.1 Å². The highest BCUT2D eigenvalue weighted by atomic mass is 32.1. The second kappa shape index (κ2) is 5.02. The number of nitrogens with one attached hydrogen (secondary N) is 1. The van der Waals surface area contributed by atoms with Crippen LogP contribution in [0.5, 0.6) is 0 Å². The summed E-state index contributed by atoms with van der Waals surface area (Å²) in [4.78, 5) is 9.62. The molecule has 2 aromatic heterocycles. The van der Waals surface area contributed by atoms with E-state index < -0.39 is 0 Å². The number of nitriles is 1. The number of hydrogen-bond acceptors (Lipinski definition) is 6. The van der Waals surface area contributed by atoms with Crippen molar-refractivity contribution in [2.24, 2.45) is 0 Å². The summed E-state index contributed by atoms with van der Waals surface area (Å²) in [5, 5.41) is 12.9. The van der Waals surface area contributed by atoms with Crippen LogP contribution in [-0.4, -0.2) is 9.97 Å². The van der Waals surface area contributed by atoms with Gasteiger partial charge in [-0.25, -0.2) is 9.97 Å². The van der Waals surface area contributed by atoms with Gasteiger partial charge >= 0.3 is 0 Å². The van der Waals surface area contributed by atoms with Gasteiger partial charge in [-0.15, -0.1) is 11.3 Å². The molecular weight excluding hydrogens is 246 g/mol. The summed E-state index contributed by atoms with van der Waals surface area (Å²) in [5.74, 6) is 0.578. The van der Waals surface area contributed by atoms with E-state index >= 15 is 0 Å². The molecule has 0 saturated heterocycles. The van der Waals surface area contributed by atoms with E-state index in [0.717, 1.165) is 5.01 Å². The van der Waals surface area contributed by atoms with Crippen LogP contribution >= 0.6 is 11.3 Å². The highest BCUT2D eigenvalue weighted by molar-refractivity contribution is 7.11. The molecule has 0 spiro atoms. The van der Waals surface area contributed by atoms with Crippen LogP contribution in [0.4, 0.5) is 11.5 Å². The van der Waals surface area contributed by atoms with Gasteiger partial charge in [-0.2, -0.15) is 5.26 Å². The van der Waals surface area contributed by atoms with Gasteiger partial charge in [0.1, 0.15) is 16.9 Å². The Morgan fingerprint density at radius 1 is 1.44 bits per heavy atom. The van der Waals surface area contributed by atoms with Gasteiger partial charge in [0.25, 0.3) is 0 Å². The first-order valence-electron chi connectivity index (χ1n) is 5.44. The Labute approximate surface area is 109 Å². The van der Waals surface area contributed by atoms with Crippen molar-refractivity contribution in [3.8, 4) is 6.07 Å². The molecule has 0 aliphatic rings. The molecule has 18 heavy (non-hydrogen) atoms. The minimum atomic E-state index is 0.0337. The van der Waals surface area contributed by atoms with E-state index in [-0.39, 0.29) is 6.04 Å². The number of anilines is 2. The zero-order chi connectivity index (χ0) is 13.1. The maximum atomic E-state index is 8.74. The Kier molecular flexibility index (Phi) is 3.44. The van der Waals surface area contributed by atoms with Crippen LogP contribution in [0.2, 0.25) is 0 Å². The van der Waals surface area contributed by atoms with Crippen molar-refractivity contribution in [3.63, 3.8) is 0 Å². The fourth-order valence-corrected chi connectivity index (χ4v) is 2.28. The Bertz CT molecular complexity index is 599. The number of pyridine rings is 1. The molecule has 3 N–H and O–H groups in total. The van der Waals surface area contributed by atoms with Gasteiger partial charge in [-0.1, -0.05) is 0 Å². The van der Waals surface area contributed by atoms with E-state index in [2.05, 4.69) is 15.3 Å². The summed E-state index contributed by atoms with van der Waals surface area (Å²) in [6.45, 7) is 4.01. The van der Waals surface area contributed by atoms with Crippen molar-refractivity contribution in [2.75, 3.05) is 11.1 Å². The van der Waals surface area contributed by atoms with Gasteiger partial charge in [0.2, 0.25) is 0 Å². The maximum Gasteiger partial charge on any atom is 0.149 e. The van der Waals surface area contributed by atoms with Crippen molar-refractivity contribution in [1.82, 2.24) is 9.97 Å². The van der Waals surface area contributed by atoms with E-state index in [9.17, 15) is 0 Å². The molecule has 0 amide bonds. The molecule has 0 aliphatic heterocycles. The molecule has 5 nitrogen and oxygen atoms in total. The topological polar surface area (TPSA) is 87.6 Å². The summed E-state index contributed by atoms with van der Waals surface area (Å²) in [7, 11) is 0. The summed E-state index contributed by atoms with van der Waals surface area (Å²) in [5.41, 5.74) is 6.76. The van der Waals surface area contributed by atoms with Crippen molar-refractivity contribution in [3.05, 3.63) is 33.9 Å². The number of nitrogen functional groups attached to an aromatic ring is 1. The normalized spacial score (nSPS) is 11.8. The Morgan fingerprint density at radius 2 is 2.22 bits per heavy atom. The monoisotopic (exact) mass is 259 g/mol. The van der Waals surface area contributed by atoms with Gasteiger partial charge in [0.05, 0.1) is 17.3 Å². The van der Waals surface area contributed by atoms with Crippen molar-refractivity contribution < 1.29 is 0 Å². The smallest absolute Gasteiger partial charge is 0.149 e. The average molecular weight is 259 g/mol. The fourth-order valence-electron chi connectivity index (χ4n) is 1.50. The zero-order valence-electron chi connectivity index (χ0n) is 10.1. The van der Waals surface area contributed by atoms with Gasteiger partial charge in [-0.05, 0) is 19.9 Å². The van der Waals surface area contributed by atoms with E-state index in [1.165, 1.54) is 11.1 Å². The number of rotatable bonds is 3. The Morgan fingerprint density at radius 3 is 2.78 bits per heavy atom. The lowest BCUT2D eigenvalue weighted by Crippen LogP contribution is -2.09. The minimum Gasteiger partial charge on any atom is -0.396 e. The molecule has 0 bridgehead atoms. The molecule has 92 valence electrons. The summed E-state index contributed by atoms with van der Waals surface area (Å²) < 4.78 is 0. The lowest BCUT2D eigenvalue weighted by atomic mass is 10.2. The highest BCUT2D eigenvalue weighted by Gasteiger charge is 2.11. The highest BCUT2D eigenvalue weighted by Crippen LogP contribution is 2.25. The number of aromatic nitrogens is 2. The molecule has 1 atom stereocenters. The third-order valence-corrected chi connectivity index (χ3v) is 3.50. The maximum absolute atomic E-state index is 8.74. The van der Waals surface area contributed by atoms with Crippen molar-refractivity contribution in [2.45, 2.75) is 19.9 Å². The first kappa shape index (κ1) is 12.3. The molecule has 0 fully saturated rings. The molecule has 0 aliphatic carbocycles. The van der Waals surface area contributed by atoms with Crippen LogP contribution in [0, 0.1) is 18.3 Å². The van der Waals surface area contributed by atoms with Crippen LogP contribution in [0.3, 0.4) is 0 Å². The molecule has 2 aromatic rings. The molecule has 1 unspecified atom stereocenters. The fraction of sp³-hybridized carbons (Fsp3) is 0.250. The lowest BCUT2D eigenvalue weighted by molar-refractivity contribution is 0.861. The van der Waals surface area contributed by atoms with E-state index in [1.54, 1.807) is 17.4 Å². The molecule has 2 rings (SSSR count). The lowest BCUT2D eigenvalue weighted by Gasteiger charge is -2.13. The van der Waals surface area contributed by atoms with Crippen molar-refractivity contribution in [1.29, 1.82) is 5.26 Å². The van der Waals surface area contributed by atoms with Crippen molar-refractivity contribution >= 4 is 22.8 Å². The standard InChI is InChI=1S/C12H13N5S/c1-7-5-16-12(18-7)8(2)17-11-10(14)3-9(4-13)6-15-11/h3,5-6,8H,14H2,1-2H3,(H,15,17). The number of aryl methyl sites for hydroxylation is 1. The molecule has 0 aromatic carbocycles. The van der Waals surface area contributed by atoms with Crippen LogP contribution in [0.1, 0.15) is 28.4 Å². The summed E-state index contributed by atoms with van der Waals surface area (Å²) >= 11 is 1.63. The van der Waals surface area contributed by atoms with Crippen LogP contribution in [-0.2, 0) is 0 Å². The predicted molar refractivity (Wildman–Crippen MR) is 72.3 cm³/mol. The first-order chi connectivity index (χ1) is 8.60. The van der Waals surface area contributed by atoms with Crippen LogP contribution in [0.15, 0.2) is 18.5 Å². The van der Waals surface area contributed by atoms with E-state index in [4.69, 9.17) is 11.0 Å². The first-order valence-corrected chi connectivity index (χ1v) is 6.26. The predicted octanol–water partition coefficient (Wildman–Crippen LogP) is 2.47. The van der Waals surface area contributed by atoms with Gasteiger partial charge in [0.15, 0.2) is 0 Å². The van der Waals surface area contributed by atoms with E-state index in [1.807, 2.05) is 26.1 Å². The number of thiazole rings is 1. The SMILES string of the molecule is Cc1cnc(C(C)Nc2ncc(C#N)cc2N)s1. The second-order valence-electron chi connectivity index (χ2n) is 3.95. The number of nitrogens with two attached hydrogens (primary N) is 1. The summed E-state index contributed by atoms with van der Waals surface area (Å²) in [6.07, 6.45) is 3.34. The number of nitrogens with zero attached hydrogens (tertiary/aromatic N) is 3. The van der Waals surface area contributed by atoms with Crippen LogP contribution in [0.25, 0.3) is 0 Å². The summed E-state index contributed by atoms with van der Waals surface area (Å²) in [6, 6.07) is 3.64. The zero-order valence-corrected chi connectivity index (χ0v) is 11.0. The van der Waals surface area contributed by atoms with Gasteiger partial charge in [-0.3, -0.25) is 0 Å². The van der Waals surface area contributed by atoms with Crippen LogP contribution < -0.4 is 11.1 Å². The molecular formula is C12H13N5S. The third kappa shape index (κ3) is 2.57.